The van der Waals surface area contributed by atoms with Gasteiger partial charge in [-0.15, -0.1) is 0 Å². The fourth-order valence-electron chi connectivity index (χ4n) is 2.99. The minimum absolute atomic E-state index is 0.0474. The van der Waals surface area contributed by atoms with Crippen LogP contribution in [0.15, 0.2) is 53.4 Å². The number of alkyl halides is 2. The van der Waals surface area contributed by atoms with Gasteiger partial charge in [-0.25, -0.2) is 4.79 Å². The Balaban J connectivity index is 1.61. The second-order valence-corrected chi connectivity index (χ2v) is 7.73. The second-order valence-electron chi connectivity index (χ2n) is 6.67. The summed E-state index contributed by atoms with van der Waals surface area (Å²) in [6.07, 6.45) is -0.0474. The van der Waals surface area contributed by atoms with E-state index >= 15 is 0 Å². The predicted molar refractivity (Wildman–Crippen MR) is 110 cm³/mol. The SMILES string of the molecule is CC1CN(C(=O)COC(=O)c2ccccc2Nc2ccc(SC(F)F)cc2)CCO1. The van der Waals surface area contributed by atoms with E-state index in [0.717, 1.165) is 0 Å². The van der Waals surface area contributed by atoms with E-state index < -0.39 is 11.7 Å². The van der Waals surface area contributed by atoms with Crippen LogP contribution in [0.4, 0.5) is 20.2 Å². The van der Waals surface area contributed by atoms with Crippen LogP contribution in [0.1, 0.15) is 17.3 Å². The topological polar surface area (TPSA) is 67.9 Å². The maximum absolute atomic E-state index is 12.5. The molecular weight excluding hydrogens is 414 g/mol. The summed E-state index contributed by atoms with van der Waals surface area (Å²) in [5.41, 5.74) is 1.39. The first kappa shape index (κ1) is 22.0. The van der Waals surface area contributed by atoms with Crippen LogP contribution >= 0.6 is 11.8 Å². The van der Waals surface area contributed by atoms with E-state index in [0.29, 0.717) is 47.7 Å². The van der Waals surface area contributed by atoms with Gasteiger partial charge in [0.15, 0.2) is 6.61 Å². The van der Waals surface area contributed by atoms with Crippen molar-refractivity contribution in [3.63, 3.8) is 0 Å². The molecule has 0 spiro atoms. The van der Waals surface area contributed by atoms with Gasteiger partial charge >= 0.3 is 5.97 Å². The van der Waals surface area contributed by atoms with Gasteiger partial charge in [0.1, 0.15) is 0 Å². The number of rotatable bonds is 7. The maximum atomic E-state index is 12.5. The van der Waals surface area contributed by atoms with Gasteiger partial charge in [-0.1, -0.05) is 23.9 Å². The van der Waals surface area contributed by atoms with Crippen LogP contribution in [-0.4, -0.2) is 54.9 Å². The van der Waals surface area contributed by atoms with E-state index in [4.69, 9.17) is 9.47 Å². The van der Waals surface area contributed by atoms with Crippen molar-refractivity contribution in [1.29, 1.82) is 0 Å². The lowest BCUT2D eigenvalue weighted by molar-refractivity contribution is -0.141. The molecule has 1 aliphatic rings. The molecule has 0 aromatic heterocycles. The van der Waals surface area contributed by atoms with Gasteiger partial charge in [-0.3, -0.25) is 4.79 Å². The van der Waals surface area contributed by atoms with Crippen LogP contribution in [0.3, 0.4) is 0 Å². The first-order chi connectivity index (χ1) is 14.4. The van der Waals surface area contributed by atoms with Crippen LogP contribution in [0.5, 0.6) is 0 Å². The first-order valence-electron chi connectivity index (χ1n) is 9.40. The molecule has 1 saturated heterocycles. The van der Waals surface area contributed by atoms with E-state index in [9.17, 15) is 18.4 Å². The minimum atomic E-state index is -2.48. The summed E-state index contributed by atoms with van der Waals surface area (Å²) in [5, 5.41) is 3.08. The van der Waals surface area contributed by atoms with Crippen molar-refractivity contribution in [3.8, 4) is 0 Å². The number of hydrogen-bond donors (Lipinski definition) is 1. The van der Waals surface area contributed by atoms with Gasteiger partial charge in [-0.2, -0.15) is 8.78 Å². The molecule has 1 fully saturated rings. The molecule has 1 unspecified atom stereocenters. The average molecular weight is 436 g/mol. The number of benzene rings is 2. The fourth-order valence-corrected chi connectivity index (χ4v) is 3.49. The molecule has 0 aliphatic carbocycles. The molecule has 160 valence electrons. The van der Waals surface area contributed by atoms with Crippen LogP contribution in [0.2, 0.25) is 0 Å². The zero-order valence-corrected chi connectivity index (χ0v) is 17.2. The molecule has 0 saturated carbocycles. The molecule has 30 heavy (non-hydrogen) atoms. The number of amides is 1. The van der Waals surface area contributed by atoms with Gasteiger partial charge in [0, 0.05) is 23.7 Å². The number of morpholine rings is 1. The second kappa shape index (κ2) is 10.4. The Morgan fingerprint density at radius 3 is 2.67 bits per heavy atom. The summed E-state index contributed by atoms with van der Waals surface area (Å²) in [6.45, 7) is 2.93. The number of nitrogens with one attached hydrogen (secondary N) is 1. The third-order valence-corrected chi connectivity index (χ3v) is 5.15. The number of halogens is 2. The Kier molecular flexibility index (Phi) is 7.64. The summed E-state index contributed by atoms with van der Waals surface area (Å²) in [4.78, 5) is 26.9. The zero-order chi connectivity index (χ0) is 21.5. The monoisotopic (exact) mass is 436 g/mol. The zero-order valence-electron chi connectivity index (χ0n) is 16.3. The number of carbonyl (C=O) groups is 2. The number of ether oxygens (including phenoxy) is 2. The molecule has 2 aromatic carbocycles. The minimum Gasteiger partial charge on any atom is -0.452 e. The lowest BCUT2D eigenvalue weighted by Crippen LogP contribution is -2.46. The summed E-state index contributed by atoms with van der Waals surface area (Å²) >= 11 is 0.464. The molecule has 0 bridgehead atoms. The van der Waals surface area contributed by atoms with E-state index in [2.05, 4.69) is 5.32 Å². The summed E-state index contributed by atoms with van der Waals surface area (Å²) < 4.78 is 35.5. The third-order valence-electron chi connectivity index (χ3n) is 4.43. The number of thioether (sulfide) groups is 1. The van der Waals surface area contributed by atoms with Crippen molar-refractivity contribution in [1.82, 2.24) is 4.90 Å². The first-order valence-corrected chi connectivity index (χ1v) is 10.3. The molecule has 6 nitrogen and oxygen atoms in total. The van der Waals surface area contributed by atoms with E-state index in [1.165, 1.54) is 0 Å². The average Bonchev–Trinajstić information content (AvgIpc) is 2.73. The Morgan fingerprint density at radius 2 is 1.97 bits per heavy atom. The molecule has 9 heteroatoms. The van der Waals surface area contributed by atoms with E-state index in [1.54, 1.807) is 53.4 Å². The molecule has 0 radical (unpaired) electrons. The third kappa shape index (κ3) is 6.17. The van der Waals surface area contributed by atoms with Crippen LogP contribution in [0, 0.1) is 0 Å². The molecule has 1 heterocycles. The summed E-state index contributed by atoms with van der Waals surface area (Å²) in [6, 6.07) is 13.2. The van der Waals surface area contributed by atoms with Gasteiger partial charge in [0.25, 0.3) is 11.7 Å². The van der Waals surface area contributed by atoms with Crippen molar-refractivity contribution in [2.45, 2.75) is 23.7 Å². The maximum Gasteiger partial charge on any atom is 0.340 e. The summed E-state index contributed by atoms with van der Waals surface area (Å²) in [7, 11) is 0. The van der Waals surface area contributed by atoms with Crippen molar-refractivity contribution in [2.75, 3.05) is 31.6 Å². The number of anilines is 2. The van der Waals surface area contributed by atoms with Crippen LogP contribution < -0.4 is 5.32 Å². The Hall–Kier alpha value is -2.65. The molecule has 1 N–H and O–H groups in total. The van der Waals surface area contributed by atoms with Gasteiger partial charge < -0.3 is 19.7 Å². The van der Waals surface area contributed by atoms with Gasteiger partial charge in [-0.05, 0) is 43.3 Å². The van der Waals surface area contributed by atoms with Crippen molar-refractivity contribution in [2.24, 2.45) is 0 Å². The highest BCUT2D eigenvalue weighted by Crippen LogP contribution is 2.28. The normalized spacial score (nSPS) is 16.4. The number of esters is 1. The molecule has 1 atom stereocenters. The number of hydrogen-bond acceptors (Lipinski definition) is 6. The summed E-state index contributed by atoms with van der Waals surface area (Å²) in [5.74, 6) is -3.38. The van der Waals surface area contributed by atoms with Gasteiger partial charge in [0.05, 0.1) is 24.0 Å². The Labute approximate surface area is 177 Å². The number of carbonyl (C=O) groups excluding carboxylic acids is 2. The van der Waals surface area contributed by atoms with Gasteiger partial charge in [0.2, 0.25) is 0 Å². The smallest absolute Gasteiger partial charge is 0.340 e. The van der Waals surface area contributed by atoms with E-state index in [1.807, 2.05) is 6.92 Å². The van der Waals surface area contributed by atoms with E-state index in [-0.39, 0.29) is 24.2 Å². The predicted octanol–water partition coefficient (Wildman–Crippen LogP) is 4.15. The highest BCUT2D eigenvalue weighted by Gasteiger charge is 2.23. The quantitative estimate of drug-likeness (QED) is 0.520. The largest absolute Gasteiger partial charge is 0.452 e. The fraction of sp³-hybridized carbons (Fsp3) is 0.333. The lowest BCUT2D eigenvalue weighted by atomic mass is 10.1. The Bertz CT molecular complexity index is 880. The number of nitrogens with zero attached hydrogens (tertiary/aromatic N) is 1. The molecular formula is C21H22F2N2O4S. The molecule has 2 aromatic rings. The Morgan fingerprint density at radius 1 is 1.23 bits per heavy atom. The number of para-hydroxylation sites is 1. The molecule has 1 aliphatic heterocycles. The van der Waals surface area contributed by atoms with Crippen molar-refractivity contribution in [3.05, 3.63) is 54.1 Å². The molecule has 1 amide bonds. The van der Waals surface area contributed by atoms with Crippen LogP contribution in [-0.2, 0) is 14.3 Å². The highest BCUT2D eigenvalue weighted by molar-refractivity contribution is 7.99. The van der Waals surface area contributed by atoms with Crippen LogP contribution in [0.25, 0.3) is 0 Å². The van der Waals surface area contributed by atoms with Crippen molar-refractivity contribution < 1.29 is 27.8 Å². The molecule has 3 rings (SSSR count). The standard InChI is InChI=1S/C21H22F2N2O4S/c1-14-12-25(10-11-28-14)19(26)13-29-20(27)17-4-2-3-5-18(17)24-15-6-8-16(9-7-15)30-21(22)23/h2-9,14,21,24H,10-13H2,1H3. The lowest BCUT2D eigenvalue weighted by Gasteiger charge is -2.30. The van der Waals surface area contributed by atoms with Crippen molar-refractivity contribution >= 4 is 35.0 Å². The highest BCUT2D eigenvalue weighted by atomic mass is 32.2.